The van der Waals surface area contributed by atoms with E-state index in [0.717, 1.165) is 5.56 Å². The highest BCUT2D eigenvalue weighted by atomic mass is 16.5. The molecule has 0 bridgehead atoms. The van der Waals surface area contributed by atoms with E-state index in [1.807, 2.05) is 0 Å². The van der Waals surface area contributed by atoms with Crippen LogP contribution in [0.3, 0.4) is 0 Å². The van der Waals surface area contributed by atoms with Crippen LogP contribution in [0.2, 0.25) is 0 Å². The molecular formula is C19H23N7O4. The van der Waals surface area contributed by atoms with Crippen LogP contribution in [0.1, 0.15) is 35.2 Å². The smallest absolute Gasteiger partial charge is 0.252 e. The van der Waals surface area contributed by atoms with Gasteiger partial charge in [0.2, 0.25) is 17.7 Å². The number of anilines is 2. The lowest BCUT2D eigenvalue weighted by Crippen LogP contribution is -2.40. The van der Waals surface area contributed by atoms with Crippen LogP contribution in [0.4, 0.5) is 11.8 Å². The maximum atomic E-state index is 12.6. The number of pyridine rings is 1. The van der Waals surface area contributed by atoms with E-state index in [0.29, 0.717) is 57.0 Å². The van der Waals surface area contributed by atoms with E-state index in [-0.39, 0.29) is 29.1 Å². The summed E-state index contributed by atoms with van der Waals surface area (Å²) in [6, 6.07) is 1.33. The van der Waals surface area contributed by atoms with Crippen molar-refractivity contribution < 1.29 is 19.4 Å². The summed E-state index contributed by atoms with van der Waals surface area (Å²) in [7, 11) is 0. The molecule has 0 saturated carbocycles. The Morgan fingerprint density at radius 1 is 1.30 bits per heavy atom. The summed E-state index contributed by atoms with van der Waals surface area (Å²) in [6.45, 7) is 1.37. The standard InChI is InChI=1S/C19H23N7O4/c20-15-13-7-19(30-17(13)25-18(21)24-15)3-5-26(10-19)14(28)2-1-4-23-16(29)11-6-12(27)9-22-8-11/h6,8-9,27H,1-5,7,10H2,(H,23,29)(H4,20,21,24,25). The second kappa shape index (κ2) is 7.65. The number of hydrogen-bond donors (Lipinski definition) is 4. The van der Waals surface area contributed by atoms with Gasteiger partial charge in [0, 0.05) is 38.5 Å². The van der Waals surface area contributed by atoms with Crippen molar-refractivity contribution in [3.63, 3.8) is 0 Å². The van der Waals surface area contributed by atoms with Crippen molar-refractivity contribution in [2.45, 2.75) is 31.3 Å². The van der Waals surface area contributed by atoms with Gasteiger partial charge in [-0.15, -0.1) is 0 Å². The van der Waals surface area contributed by atoms with E-state index in [9.17, 15) is 14.7 Å². The lowest BCUT2D eigenvalue weighted by molar-refractivity contribution is -0.130. The van der Waals surface area contributed by atoms with Crippen LogP contribution in [0.5, 0.6) is 11.6 Å². The maximum Gasteiger partial charge on any atom is 0.252 e. The predicted molar refractivity (Wildman–Crippen MR) is 107 cm³/mol. The number of carbonyl (C=O) groups excluding carboxylic acids is 2. The largest absolute Gasteiger partial charge is 0.506 e. The summed E-state index contributed by atoms with van der Waals surface area (Å²) in [5.41, 5.74) is 12.0. The molecule has 1 fully saturated rings. The number of nitrogens with zero attached hydrogens (tertiary/aromatic N) is 4. The number of nitrogen functional groups attached to an aromatic ring is 2. The third-order valence-corrected chi connectivity index (χ3v) is 5.34. The van der Waals surface area contributed by atoms with Gasteiger partial charge in [0.1, 0.15) is 17.2 Å². The molecule has 2 amide bonds. The molecule has 0 radical (unpaired) electrons. The van der Waals surface area contributed by atoms with E-state index >= 15 is 0 Å². The van der Waals surface area contributed by atoms with Gasteiger partial charge < -0.3 is 31.5 Å². The Balaban J connectivity index is 1.25. The Morgan fingerprint density at radius 2 is 2.13 bits per heavy atom. The third kappa shape index (κ3) is 3.91. The minimum absolute atomic E-state index is 0.00160. The van der Waals surface area contributed by atoms with E-state index in [2.05, 4.69) is 20.3 Å². The number of aromatic hydroxyl groups is 1. The summed E-state index contributed by atoms with van der Waals surface area (Å²) < 4.78 is 6.02. The number of nitrogens with two attached hydrogens (primary N) is 2. The lowest BCUT2D eigenvalue weighted by Gasteiger charge is -2.23. The fraction of sp³-hybridized carbons (Fsp3) is 0.421. The summed E-state index contributed by atoms with van der Waals surface area (Å²) in [6.07, 6.45) is 4.64. The number of fused-ring (bicyclic) bond motifs is 1. The van der Waals surface area contributed by atoms with Crippen LogP contribution in [0, 0.1) is 0 Å². The normalized spacial score (nSPS) is 19.5. The van der Waals surface area contributed by atoms with Crippen LogP contribution >= 0.6 is 0 Å². The van der Waals surface area contributed by atoms with Gasteiger partial charge in [-0.05, 0) is 12.5 Å². The SMILES string of the molecule is Nc1nc(N)c2c(n1)OC1(CCN(C(=O)CCCNC(=O)c3cncc(O)c3)C1)C2. The van der Waals surface area contributed by atoms with Crippen LogP contribution in [-0.4, -0.2) is 62.0 Å². The number of nitrogens with one attached hydrogen (secondary N) is 1. The number of amides is 2. The number of carbonyl (C=O) groups is 2. The molecule has 0 aliphatic carbocycles. The summed E-state index contributed by atoms with van der Waals surface area (Å²) in [4.78, 5) is 38.2. The lowest BCUT2D eigenvalue weighted by atomic mass is 9.97. The van der Waals surface area contributed by atoms with Crippen molar-refractivity contribution in [2.24, 2.45) is 0 Å². The Labute approximate surface area is 172 Å². The molecule has 158 valence electrons. The van der Waals surface area contributed by atoms with Crippen molar-refractivity contribution in [1.29, 1.82) is 0 Å². The van der Waals surface area contributed by atoms with Gasteiger partial charge >= 0.3 is 0 Å². The second-order valence-electron chi connectivity index (χ2n) is 7.57. The zero-order valence-electron chi connectivity index (χ0n) is 16.3. The van der Waals surface area contributed by atoms with Gasteiger partial charge in [0.15, 0.2) is 0 Å². The van der Waals surface area contributed by atoms with Gasteiger partial charge in [-0.2, -0.15) is 9.97 Å². The summed E-state index contributed by atoms with van der Waals surface area (Å²) >= 11 is 0. The Hall–Kier alpha value is -3.63. The van der Waals surface area contributed by atoms with Gasteiger partial charge in [0.05, 0.1) is 23.9 Å². The van der Waals surface area contributed by atoms with E-state index < -0.39 is 5.60 Å². The van der Waals surface area contributed by atoms with Crippen LogP contribution in [-0.2, 0) is 11.2 Å². The number of ether oxygens (including phenoxy) is 1. The molecule has 6 N–H and O–H groups in total. The number of aromatic nitrogens is 3. The van der Waals surface area contributed by atoms with E-state index in [4.69, 9.17) is 16.2 Å². The Morgan fingerprint density at radius 3 is 2.93 bits per heavy atom. The van der Waals surface area contributed by atoms with Crippen LogP contribution < -0.4 is 21.5 Å². The van der Waals surface area contributed by atoms with Gasteiger partial charge in [-0.25, -0.2) is 0 Å². The average molecular weight is 413 g/mol. The molecule has 2 aliphatic rings. The molecule has 30 heavy (non-hydrogen) atoms. The number of hydrogen-bond acceptors (Lipinski definition) is 9. The second-order valence-corrected chi connectivity index (χ2v) is 7.57. The highest BCUT2D eigenvalue weighted by Crippen LogP contribution is 2.41. The molecule has 1 atom stereocenters. The Kier molecular flexibility index (Phi) is 5.02. The molecule has 4 heterocycles. The molecule has 4 rings (SSSR count). The highest BCUT2D eigenvalue weighted by molar-refractivity contribution is 5.94. The van der Waals surface area contributed by atoms with Gasteiger partial charge in [-0.1, -0.05) is 0 Å². The first kappa shape index (κ1) is 19.7. The van der Waals surface area contributed by atoms with E-state index in [1.54, 1.807) is 4.90 Å². The van der Waals surface area contributed by atoms with Crippen LogP contribution in [0.15, 0.2) is 18.5 Å². The molecule has 2 aromatic rings. The van der Waals surface area contributed by atoms with Crippen LogP contribution in [0.25, 0.3) is 0 Å². The zero-order chi connectivity index (χ0) is 21.3. The first-order valence-electron chi connectivity index (χ1n) is 9.66. The minimum atomic E-state index is -0.537. The van der Waals surface area contributed by atoms with Crippen molar-refractivity contribution in [3.05, 3.63) is 29.6 Å². The first-order valence-corrected chi connectivity index (χ1v) is 9.66. The quantitative estimate of drug-likeness (QED) is 0.487. The summed E-state index contributed by atoms with van der Waals surface area (Å²) in [5.74, 6) is 0.361. The minimum Gasteiger partial charge on any atom is -0.506 e. The van der Waals surface area contributed by atoms with Crippen molar-refractivity contribution in [1.82, 2.24) is 25.2 Å². The molecule has 1 spiro atoms. The molecule has 0 aromatic carbocycles. The first-order chi connectivity index (χ1) is 14.3. The molecule has 1 saturated heterocycles. The molecule has 1 unspecified atom stereocenters. The van der Waals surface area contributed by atoms with Crippen molar-refractivity contribution in [2.75, 3.05) is 31.1 Å². The topological polar surface area (TPSA) is 170 Å². The molecule has 2 aliphatic heterocycles. The monoisotopic (exact) mass is 413 g/mol. The number of likely N-dealkylation sites (tertiary alicyclic amines) is 1. The maximum absolute atomic E-state index is 12.6. The average Bonchev–Trinajstić information content (AvgIpc) is 3.28. The van der Waals surface area contributed by atoms with Gasteiger partial charge in [-0.3, -0.25) is 14.6 Å². The van der Waals surface area contributed by atoms with Crippen molar-refractivity contribution in [3.8, 4) is 11.6 Å². The van der Waals surface area contributed by atoms with E-state index in [1.165, 1.54) is 18.5 Å². The molecule has 11 nitrogen and oxygen atoms in total. The fourth-order valence-corrected chi connectivity index (χ4v) is 3.85. The summed E-state index contributed by atoms with van der Waals surface area (Å²) in [5, 5.41) is 12.1. The third-order valence-electron chi connectivity index (χ3n) is 5.34. The highest BCUT2D eigenvalue weighted by Gasteiger charge is 2.47. The fourth-order valence-electron chi connectivity index (χ4n) is 3.85. The molecule has 2 aromatic heterocycles. The molecular weight excluding hydrogens is 390 g/mol. The zero-order valence-corrected chi connectivity index (χ0v) is 16.3. The van der Waals surface area contributed by atoms with Crippen molar-refractivity contribution >= 4 is 23.6 Å². The number of rotatable bonds is 5. The Bertz CT molecular complexity index is 999. The predicted octanol–water partition coefficient (Wildman–Crippen LogP) is -0.142. The van der Waals surface area contributed by atoms with Gasteiger partial charge in [0.25, 0.3) is 5.91 Å². The molecule has 11 heteroatoms.